The van der Waals surface area contributed by atoms with Crippen LogP contribution in [0, 0.1) is 5.41 Å². The van der Waals surface area contributed by atoms with E-state index in [1.165, 1.54) is 5.57 Å². The Morgan fingerprint density at radius 1 is 1.12 bits per heavy atom. The Bertz CT molecular complexity index is 1190. The van der Waals surface area contributed by atoms with E-state index in [0.29, 0.717) is 24.6 Å². The minimum absolute atomic E-state index is 0.203. The lowest BCUT2D eigenvalue weighted by Gasteiger charge is -2.38. The number of nitrogens with one attached hydrogen (secondary N) is 2. The van der Waals surface area contributed by atoms with Crippen molar-refractivity contribution in [3.63, 3.8) is 0 Å². The molecule has 32 heavy (non-hydrogen) atoms. The fourth-order valence-electron chi connectivity index (χ4n) is 4.91. The third-order valence-electron chi connectivity index (χ3n) is 6.55. The van der Waals surface area contributed by atoms with Crippen molar-refractivity contribution in [1.82, 2.24) is 9.55 Å². The SMILES string of the molecule is C=C1C[C@H](n2c(Nc3ccc(NC(=O)C4(O)CC4)cc3)nc3ccccc32)CC(C)(C)C1. The molecule has 2 aliphatic rings. The highest BCUT2D eigenvalue weighted by atomic mass is 16.3. The van der Waals surface area contributed by atoms with Crippen LogP contribution in [0.15, 0.2) is 60.7 Å². The zero-order valence-corrected chi connectivity index (χ0v) is 18.7. The number of amides is 1. The van der Waals surface area contributed by atoms with E-state index in [4.69, 9.17) is 4.98 Å². The molecule has 0 unspecified atom stereocenters. The summed E-state index contributed by atoms with van der Waals surface area (Å²) in [6.45, 7) is 8.93. The second kappa shape index (κ2) is 7.48. The van der Waals surface area contributed by atoms with Crippen LogP contribution < -0.4 is 10.6 Å². The molecule has 6 nitrogen and oxygen atoms in total. The summed E-state index contributed by atoms with van der Waals surface area (Å²) in [5.41, 5.74) is 3.94. The number of aliphatic hydroxyl groups is 1. The molecular weight excluding hydrogens is 400 g/mol. The lowest BCUT2D eigenvalue weighted by Crippen LogP contribution is -2.29. The van der Waals surface area contributed by atoms with Crippen molar-refractivity contribution >= 4 is 34.3 Å². The Balaban J connectivity index is 1.42. The number of rotatable bonds is 5. The molecule has 3 aromatic rings. The van der Waals surface area contributed by atoms with Gasteiger partial charge in [-0.25, -0.2) is 4.98 Å². The molecule has 0 spiro atoms. The molecule has 0 saturated heterocycles. The van der Waals surface area contributed by atoms with Crippen LogP contribution in [0.4, 0.5) is 17.3 Å². The van der Waals surface area contributed by atoms with Crippen molar-refractivity contribution in [2.24, 2.45) is 5.41 Å². The molecule has 0 bridgehead atoms. The molecule has 166 valence electrons. The van der Waals surface area contributed by atoms with Gasteiger partial charge in [0.05, 0.1) is 11.0 Å². The summed E-state index contributed by atoms with van der Waals surface area (Å²) in [6.07, 6.45) is 4.13. The summed E-state index contributed by atoms with van der Waals surface area (Å²) in [5.74, 6) is 0.478. The summed E-state index contributed by atoms with van der Waals surface area (Å²) in [5, 5.41) is 16.2. The van der Waals surface area contributed by atoms with Gasteiger partial charge in [-0.1, -0.05) is 38.1 Å². The van der Waals surface area contributed by atoms with Crippen LogP contribution in [-0.2, 0) is 4.79 Å². The zero-order valence-electron chi connectivity index (χ0n) is 18.7. The molecule has 1 atom stereocenters. The maximum Gasteiger partial charge on any atom is 0.256 e. The van der Waals surface area contributed by atoms with Crippen molar-refractivity contribution in [2.75, 3.05) is 10.6 Å². The maximum absolute atomic E-state index is 12.1. The quantitative estimate of drug-likeness (QED) is 0.464. The Morgan fingerprint density at radius 2 is 1.81 bits per heavy atom. The standard InChI is InChI=1S/C26H30N4O2/c1-17-14-20(16-25(2,3)15-17)30-22-7-5-4-6-21(22)29-24(30)28-19-10-8-18(9-11-19)27-23(31)26(32)12-13-26/h4-11,20,32H,1,12-16H2,2-3H3,(H,27,31)(H,28,29)/t20-/m0/s1. The second-order valence-corrected chi connectivity index (χ2v) is 10.1. The number of benzene rings is 2. The normalized spacial score (nSPS) is 21.3. The summed E-state index contributed by atoms with van der Waals surface area (Å²) in [7, 11) is 0. The van der Waals surface area contributed by atoms with Gasteiger partial charge in [-0.05, 0) is 73.9 Å². The van der Waals surface area contributed by atoms with E-state index in [1.54, 1.807) is 0 Å². The highest BCUT2D eigenvalue weighted by Gasteiger charge is 2.48. The molecule has 0 radical (unpaired) electrons. The van der Waals surface area contributed by atoms with Crippen LogP contribution in [0.2, 0.25) is 0 Å². The summed E-state index contributed by atoms with van der Waals surface area (Å²) in [6, 6.07) is 16.0. The average Bonchev–Trinajstić information content (AvgIpc) is 3.38. The predicted octanol–water partition coefficient (Wildman–Crippen LogP) is 5.55. The van der Waals surface area contributed by atoms with Crippen molar-refractivity contribution in [3.05, 3.63) is 60.7 Å². The van der Waals surface area contributed by atoms with Crippen LogP contribution >= 0.6 is 0 Å². The molecule has 6 heteroatoms. The third-order valence-corrected chi connectivity index (χ3v) is 6.55. The Labute approximate surface area is 188 Å². The van der Waals surface area contributed by atoms with Gasteiger partial charge in [0.2, 0.25) is 5.95 Å². The lowest BCUT2D eigenvalue weighted by molar-refractivity contribution is -0.125. The minimum Gasteiger partial charge on any atom is -0.380 e. The van der Waals surface area contributed by atoms with Crippen molar-refractivity contribution in [2.45, 2.75) is 57.6 Å². The van der Waals surface area contributed by atoms with E-state index in [0.717, 1.165) is 41.9 Å². The van der Waals surface area contributed by atoms with Gasteiger partial charge in [-0.15, -0.1) is 0 Å². The monoisotopic (exact) mass is 430 g/mol. The van der Waals surface area contributed by atoms with Gasteiger partial charge >= 0.3 is 0 Å². The fraction of sp³-hybridized carbons (Fsp3) is 0.385. The van der Waals surface area contributed by atoms with E-state index < -0.39 is 5.60 Å². The Morgan fingerprint density at radius 3 is 2.50 bits per heavy atom. The average molecular weight is 431 g/mol. The van der Waals surface area contributed by atoms with E-state index in [2.05, 4.69) is 47.8 Å². The number of imidazole rings is 1. The Hall–Kier alpha value is -3.12. The van der Waals surface area contributed by atoms with E-state index in [1.807, 2.05) is 36.4 Å². The second-order valence-electron chi connectivity index (χ2n) is 10.1. The van der Waals surface area contributed by atoms with Crippen LogP contribution in [0.25, 0.3) is 11.0 Å². The topological polar surface area (TPSA) is 79.2 Å². The number of nitrogens with zero attached hydrogens (tertiary/aromatic N) is 2. The minimum atomic E-state index is -1.18. The van der Waals surface area contributed by atoms with Crippen LogP contribution in [0.5, 0.6) is 0 Å². The molecule has 1 amide bonds. The number of carbonyl (C=O) groups excluding carboxylic acids is 1. The number of hydrogen-bond donors (Lipinski definition) is 3. The molecule has 2 aliphatic carbocycles. The maximum atomic E-state index is 12.1. The molecule has 2 saturated carbocycles. The number of carbonyl (C=O) groups is 1. The van der Waals surface area contributed by atoms with E-state index >= 15 is 0 Å². The number of para-hydroxylation sites is 2. The Kier molecular flexibility index (Phi) is 4.86. The van der Waals surface area contributed by atoms with Crippen LogP contribution in [0.3, 0.4) is 0 Å². The van der Waals surface area contributed by atoms with Gasteiger partial charge < -0.3 is 20.3 Å². The number of hydrogen-bond acceptors (Lipinski definition) is 4. The van der Waals surface area contributed by atoms with Crippen molar-refractivity contribution in [3.8, 4) is 0 Å². The lowest BCUT2D eigenvalue weighted by atomic mass is 9.73. The number of fused-ring (bicyclic) bond motifs is 1. The molecule has 2 fully saturated rings. The fourth-order valence-corrected chi connectivity index (χ4v) is 4.91. The number of allylic oxidation sites excluding steroid dienone is 1. The first-order valence-corrected chi connectivity index (χ1v) is 11.3. The van der Waals surface area contributed by atoms with Gasteiger partial charge in [0.25, 0.3) is 5.91 Å². The molecule has 3 N–H and O–H groups in total. The largest absolute Gasteiger partial charge is 0.380 e. The first-order chi connectivity index (χ1) is 15.2. The van der Waals surface area contributed by atoms with Crippen molar-refractivity contribution in [1.29, 1.82) is 0 Å². The predicted molar refractivity (Wildman–Crippen MR) is 128 cm³/mol. The zero-order chi connectivity index (χ0) is 22.5. The highest BCUT2D eigenvalue weighted by molar-refractivity contribution is 5.99. The first-order valence-electron chi connectivity index (χ1n) is 11.3. The van der Waals surface area contributed by atoms with Gasteiger partial charge in [-0.2, -0.15) is 0 Å². The number of anilines is 3. The van der Waals surface area contributed by atoms with Crippen LogP contribution in [-0.4, -0.2) is 26.2 Å². The molecular formula is C26H30N4O2. The van der Waals surface area contributed by atoms with Crippen LogP contribution in [0.1, 0.15) is 52.0 Å². The van der Waals surface area contributed by atoms with Crippen molar-refractivity contribution < 1.29 is 9.90 Å². The summed E-state index contributed by atoms with van der Waals surface area (Å²) >= 11 is 0. The highest BCUT2D eigenvalue weighted by Crippen LogP contribution is 2.45. The number of aromatic nitrogens is 2. The molecule has 1 aromatic heterocycles. The molecule has 1 heterocycles. The van der Waals surface area contributed by atoms with E-state index in [9.17, 15) is 9.90 Å². The smallest absolute Gasteiger partial charge is 0.256 e. The van der Waals surface area contributed by atoms with E-state index in [-0.39, 0.29) is 11.3 Å². The van der Waals surface area contributed by atoms with Gasteiger partial charge in [-0.3, -0.25) is 4.79 Å². The molecule has 2 aromatic carbocycles. The van der Waals surface area contributed by atoms with Gasteiger partial charge in [0.1, 0.15) is 5.60 Å². The molecule has 5 rings (SSSR count). The summed E-state index contributed by atoms with van der Waals surface area (Å²) < 4.78 is 2.32. The molecule has 0 aliphatic heterocycles. The third kappa shape index (κ3) is 4.02. The van der Waals surface area contributed by atoms with Gasteiger partial charge in [0.15, 0.2) is 0 Å². The summed E-state index contributed by atoms with van der Waals surface area (Å²) in [4.78, 5) is 17.0. The van der Waals surface area contributed by atoms with Gasteiger partial charge in [0, 0.05) is 17.4 Å². The first kappa shape index (κ1) is 20.8.